The van der Waals surface area contributed by atoms with Crippen LogP contribution in [0.5, 0.6) is 0 Å². The van der Waals surface area contributed by atoms with E-state index >= 15 is 0 Å². The van der Waals surface area contributed by atoms with Gasteiger partial charge in [0.15, 0.2) is 10.9 Å². The van der Waals surface area contributed by atoms with Gasteiger partial charge in [-0.15, -0.1) is 16.4 Å². The van der Waals surface area contributed by atoms with Crippen LogP contribution in [0.15, 0.2) is 18.3 Å². The molecule has 1 aliphatic rings. The number of aryl methyl sites for hydroxylation is 2. The van der Waals surface area contributed by atoms with Gasteiger partial charge in [0.2, 0.25) is 5.91 Å². The van der Waals surface area contributed by atoms with Gasteiger partial charge in [-0.1, -0.05) is 0 Å². The molecule has 2 aromatic rings. The zero-order chi connectivity index (χ0) is 15.5. The van der Waals surface area contributed by atoms with Gasteiger partial charge >= 0.3 is 0 Å². The number of carbonyl (C=O) groups excluding carboxylic acids is 1. The highest BCUT2D eigenvalue weighted by atomic mass is 32.1. The van der Waals surface area contributed by atoms with E-state index in [1.54, 1.807) is 6.20 Å². The smallest absolute Gasteiger partial charge is 0.231 e. The lowest BCUT2D eigenvalue weighted by Gasteiger charge is -2.32. The highest BCUT2D eigenvalue weighted by Gasteiger charge is 2.27. The minimum atomic E-state index is -0.0407. The Hall–Kier alpha value is -2.02. The number of rotatable bonds is 3. The first-order chi connectivity index (χ1) is 10.6. The second-order valence-electron chi connectivity index (χ2n) is 5.58. The van der Waals surface area contributed by atoms with Crippen molar-refractivity contribution < 1.29 is 4.79 Å². The Kier molecular flexibility index (Phi) is 4.33. The van der Waals surface area contributed by atoms with Gasteiger partial charge in [0.25, 0.3) is 0 Å². The normalized spacial score (nSPS) is 18.3. The van der Waals surface area contributed by atoms with Gasteiger partial charge < -0.3 is 10.2 Å². The molecule has 1 aliphatic heterocycles. The second kappa shape index (κ2) is 6.39. The largest absolute Gasteiger partial charge is 0.354 e. The summed E-state index contributed by atoms with van der Waals surface area (Å²) >= 11 is 1.50. The maximum Gasteiger partial charge on any atom is 0.231 e. The molecule has 1 amide bonds. The number of thiazole rings is 1. The first-order valence-corrected chi connectivity index (χ1v) is 8.22. The van der Waals surface area contributed by atoms with Crippen LogP contribution in [0.2, 0.25) is 0 Å². The van der Waals surface area contributed by atoms with Crippen molar-refractivity contribution in [2.75, 3.05) is 23.3 Å². The van der Waals surface area contributed by atoms with E-state index in [-0.39, 0.29) is 11.8 Å². The first-order valence-electron chi connectivity index (χ1n) is 7.40. The van der Waals surface area contributed by atoms with Crippen molar-refractivity contribution in [3.63, 3.8) is 0 Å². The van der Waals surface area contributed by atoms with Crippen LogP contribution in [0.1, 0.15) is 23.4 Å². The zero-order valence-corrected chi connectivity index (χ0v) is 13.6. The summed E-state index contributed by atoms with van der Waals surface area (Å²) in [5.74, 6) is 0.841. The van der Waals surface area contributed by atoms with Crippen molar-refractivity contribution in [2.24, 2.45) is 5.92 Å². The number of hydrogen-bond acceptors (Lipinski definition) is 6. The third kappa shape index (κ3) is 3.41. The van der Waals surface area contributed by atoms with Gasteiger partial charge in [0.05, 0.1) is 11.6 Å². The molecule has 116 valence electrons. The molecule has 0 spiro atoms. The van der Waals surface area contributed by atoms with Gasteiger partial charge in [-0.05, 0) is 38.8 Å². The number of amides is 1. The lowest BCUT2D eigenvalue weighted by molar-refractivity contribution is -0.120. The molecule has 3 rings (SSSR count). The van der Waals surface area contributed by atoms with Crippen LogP contribution in [-0.4, -0.2) is 34.2 Å². The highest BCUT2D eigenvalue weighted by molar-refractivity contribution is 7.15. The predicted molar refractivity (Wildman–Crippen MR) is 87.2 cm³/mol. The summed E-state index contributed by atoms with van der Waals surface area (Å²) in [6.45, 7) is 5.48. The molecular formula is C15H19N5OS. The number of nitrogens with one attached hydrogen (secondary N) is 1. The Labute approximate surface area is 133 Å². The van der Waals surface area contributed by atoms with E-state index in [0.717, 1.165) is 35.8 Å². The van der Waals surface area contributed by atoms with Gasteiger partial charge in [0.1, 0.15) is 0 Å². The van der Waals surface area contributed by atoms with Crippen molar-refractivity contribution in [3.05, 3.63) is 28.9 Å². The summed E-state index contributed by atoms with van der Waals surface area (Å²) in [5, 5.41) is 11.9. The van der Waals surface area contributed by atoms with Gasteiger partial charge in [0, 0.05) is 24.2 Å². The van der Waals surface area contributed by atoms with Crippen LogP contribution in [0.4, 0.5) is 10.9 Å². The summed E-state index contributed by atoms with van der Waals surface area (Å²) in [6, 6.07) is 3.91. The molecule has 0 bridgehead atoms. The molecule has 1 N–H and O–H groups in total. The fourth-order valence-corrected chi connectivity index (χ4v) is 3.25. The van der Waals surface area contributed by atoms with Gasteiger partial charge in [-0.3, -0.25) is 4.79 Å². The number of aromatic nitrogens is 3. The van der Waals surface area contributed by atoms with Crippen LogP contribution < -0.4 is 10.2 Å². The number of nitrogens with zero attached hydrogens (tertiary/aromatic N) is 4. The lowest BCUT2D eigenvalue weighted by atomic mass is 9.97. The van der Waals surface area contributed by atoms with Crippen LogP contribution >= 0.6 is 11.3 Å². The number of hydrogen-bond donors (Lipinski definition) is 1. The van der Waals surface area contributed by atoms with Crippen LogP contribution in [-0.2, 0) is 4.79 Å². The van der Waals surface area contributed by atoms with E-state index < -0.39 is 0 Å². The molecule has 22 heavy (non-hydrogen) atoms. The molecule has 0 aliphatic carbocycles. The maximum absolute atomic E-state index is 12.4. The Balaban J connectivity index is 1.64. The van der Waals surface area contributed by atoms with E-state index in [1.807, 2.05) is 26.0 Å². The third-order valence-electron chi connectivity index (χ3n) is 3.75. The second-order valence-corrected chi connectivity index (χ2v) is 6.82. The minimum absolute atomic E-state index is 0.0407. The molecule has 0 radical (unpaired) electrons. The topological polar surface area (TPSA) is 71.0 Å². The quantitative estimate of drug-likeness (QED) is 0.941. The van der Waals surface area contributed by atoms with E-state index in [0.29, 0.717) is 11.7 Å². The maximum atomic E-state index is 12.4. The van der Waals surface area contributed by atoms with Crippen molar-refractivity contribution in [1.82, 2.24) is 15.2 Å². The van der Waals surface area contributed by atoms with E-state index in [9.17, 15) is 4.79 Å². The summed E-state index contributed by atoms with van der Waals surface area (Å²) < 4.78 is 0. The molecule has 0 saturated carbocycles. The van der Waals surface area contributed by atoms with Crippen LogP contribution in [0.25, 0.3) is 0 Å². The van der Waals surface area contributed by atoms with Crippen LogP contribution in [0, 0.1) is 19.8 Å². The molecule has 1 fully saturated rings. The molecule has 0 aromatic carbocycles. The fourth-order valence-electron chi connectivity index (χ4n) is 2.58. The Morgan fingerprint density at radius 2 is 2.23 bits per heavy atom. The third-order valence-corrected chi connectivity index (χ3v) is 4.58. The van der Waals surface area contributed by atoms with Crippen molar-refractivity contribution in [1.29, 1.82) is 0 Å². The van der Waals surface area contributed by atoms with E-state index in [4.69, 9.17) is 0 Å². The zero-order valence-electron chi connectivity index (χ0n) is 12.7. The SMILES string of the molecule is Cc1ccc(N2CCCC(C(=O)Nc3ncc(C)s3)C2)nn1. The average molecular weight is 317 g/mol. The first kappa shape index (κ1) is 14.9. The molecule has 3 heterocycles. The Morgan fingerprint density at radius 3 is 2.91 bits per heavy atom. The molecule has 2 aromatic heterocycles. The molecule has 1 unspecified atom stereocenters. The molecule has 1 saturated heterocycles. The number of anilines is 2. The van der Waals surface area contributed by atoms with Crippen LogP contribution in [0.3, 0.4) is 0 Å². The summed E-state index contributed by atoms with van der Waals surface area (Å²) in [6.07, 6.45) is 3.64. The average Bonchev–Trinajstić information content (AvgIpc) is 2.93. The minimum Gasteiger partial charge on any atom is -0.354 e. The number of carbonyl (C=O) groups is 1. The molecule has 7 heteroatoms. The summed E-state index contributed by atoms with van der Waals surface area (Å²) in [7, 11) is 0. The molecule has 6 nitrogen and oxygen atoms in total. The summed E-state index contributed by atoms with van der Waals surface area (Å²) in [5.41, 5.74) is 0.897. The number of piperidine rings is 1. The Morgan fingerprint density at radius 1 is 1.36 bits per heavy atom. The fraction of sp³-hybridized carbons (Fsp3) is 0.467. The predicted octanol–water partition coefficient (Wildman–Crippen LogP) is 2.41. The highest BCUT2D eigenvalue weighted by Crippen LogP contribution is 2.23. The lowest BCUT2D eigenvalue weighted by Crippen LogP contribution is -2.41. The van der Waals surface area contributed by atoms with Crippen molar-refractivity contribution in [2.45, 2.75) is 26.7 Å². The standard InChI is InChI=1S/C15H19N5OS/c1-10-5-6-13(19-18-10)20-7-3-4-12(9-20)14(21)17-15-16-8-11(2)22-15/h5-6,8,12H,3-4,7,9H2,1-2H3,(H,16,17,21). The van der Waals surface area contributed by atoms with Gasteiger partial charge in [-0.25, -0.2) is 4.98 Å². The van der Waals surface area contributed by atoms with Crippen molar-refractivity contribution >= 4 is 28.2 Å². The van der Waals surface area contributed by atoms with Crippen molar-refractivity contribution in [3.8, 4) is 0 Å². The monoisotopic (exact) mass is 317 g/mol. The Bertz CT molecular complexity index is 654. The van der Waals surface area contributed by atoms with E-state index in [1.165, 1.54) is 11.3 Å². The van der Waals surface area contributed by atoms with E-state index in [2.05, 4.69) is 25.4 Å². The molecular weight excluding hydrogens is 298 g/mol. The molecule has 1 atom stereocenters. The summed E-state index contributed by atoms with van der Waals surface area (Å²) in [4.78, 5) is 19.8. The van der Waals surface area contributed by atoms with Gasteiger partial charge in [-0.2, -0.15) is 5.10 Å².